The van der Waals surface area contributed by atoms with Crippen LogP contribution in [-0.4, -0.2) is 32.5 Å². The van der Waals surface area contributed by atoms with E-state index in [0.29, 0.717) is 12.5 Å². The van der Waals surface area contributed by atoms with E-state index in [1.165, 1.54) is 12.1 Å². The lowest BCUT2D eigenvalue weighted by atomic mass is 9.85. The van der Waals surface area contributed by atoms with Crippen LogP contribution in [0.5, 0.6) is 0 Å². The fraction of sp³-hybridized carbons (Fsp3) is 0.600. The Morgan fingerprint density at radius 1 is 1.30 bits per heavy atom. The van der Waals surface area contributed by atoms with E-state index in [4.69, 9.17) is 0 Å². The van der Waals surface area contributed by atoms with Gasteiger partial charge in [-0.15, -0.1) is 0 Å². The predicted molar refractivity (Wildman–Crippen MR) is 79.0 cm³/mol. The third-order valence-corrected chi connectivity index (χ3v) is 5.67. The molecule has 0 amide bonds. The Bertz CT molecular complexity index is 539. The van der Waals surface area contributed by atoms with Gasteiger partial charge in [0.2, 0.25) is 0 Å². The van der Waals surface area contributed by atoms with Gasteiger partial charge in [-0.1, -0.05) is 26.0 Å². The minimum atomic E-state index is -2.90. The van der Waals surface area contributed by atoms with Crippen LogP contribution in [0.1, 0.15) is 31.7 Å². The molecule has 0 spiro atoms. The number of halogens is 1. The molecule has 0 aliphatic carbocycles. The summed E-state index contributed by atoms with van der Waals surface area (Å²) >= 11 is 0. The quantitative estimate of drug-likeness (QED) is 0.908. The third-order valence-electron chi connectivity index (χ3n) is 3.88. The molecule has 1 aliphatic rings. The minimum Gasteiger partial charge on any atom is -0.314 e. The van der Waals surface area contributed by atoms with Crippen LogP contribution in [0.3, 0.4) is 0 Å². The number of sulfone groups is 1. The summed E-state index contributed by atoms with van der Waals surface area (Å²) in [6.07, 6.45) is 0.699. The Kier molecular flexibility index (Phi) is 4.81. The summed E-state index contributed by atoms with van der Waals surface area (Å²) in [6, 6.07) is 6.78. The van der Waals surface area contributed by atoms with Crippen molar-refractivity contribution in [1.82, 2.24) is 5.32 Å². The molecular formula is C15H22FNO2S. The SMILES string of the molecule is CC(C)NCC(c1ccc(F)cc1)C1CCS(=O)(=O)C1. The number of hydrogen-bond acceptors (Lipinski definition) is 3. The maximum absolute atomic E-state index is 13.1. The number of nitrogens with one attached hydrogen (secondary N) is 1. The summed E-state index contributed by atoms with van der Waals surface area (Å²) in [4.78, 5) is 0. The predicted octanol–water partition coefficient (Wildman–Crippen LogP) is 2.34. The van der Waals surface area contributed by atoms with E-state index in [9.17, 15) is 12.8 Å². The van der Waals surface area contributed by atoms with E-state index in [-0.39, 0.29) is 29.2 Å². The largest absolute Gasteiger partial charge is 0.314 e. The van der Waals surface area contributed by atoms with Gasteiger partial charge in [-0.25, -0.2) is 12.8 Å². The molecule has 2 atom stereocenters. The van der Waals surface area contributed by atoms with Crippen LogP contribution >= 0.6 is 0 Å². The van der Waals surface area contributed by atoms with Crippen LogP contribution in [0, 0.1) is 11.7 Å². The van der Waals surface area contributed by atoms with Gasteiger partial charge >= 0.3 is 0 Å². The first-order chi connectivity index (χ1) is 9.37. The molecule has 1 fully saturated rings. The number of hydrogen-bond donors (Lipinski definition) is 1. The standard InChI is InChI=1S/C15H22FNO2S/c1-11(2)17-9-15(12-3-5-14(16)6-4-12)13-7-8-20(18,19)10-13/h3-6,11,13,15,17H,7-10H2,1-2H3. The fourth-order valence-electron chi connectivity index (χ4n) is 2.77. The molecule has 5 heteroatoms. The second-order valence-corrected chi connectivity index (χ2v) is 8.11. The smallest absolute Gasteiger partial charge is 0.150 e. The van der Waals surface area contributed by atoms with Crippen molar-refractivity contribution in [3.05, 3.63) is 35.6 Å². The average molecular weight is 299 g/mol. The zero-order valence-electron chi connectivity index (χ0n) is 12.0. The molecule has 1 saturated heterocycles. The summed E-state index contributed by atoms with van der Waals surface area (Å²) in [7, 11) is -2.90. The van der Waals surface area contributed by atoms with Crippen molar-refractivity contribution in [3.63, 3.8) is 0 Å². The highest BCUT2D eigenvalue weighted by Crippen LogP contribution is 2.33. The first-order valence-corrected chi connectivity index (χ1v) is 8.89. The van der Waals surface area contributed by atoms with E-state index in [1.54, 1.807) is 12.1 Å². The average Bonchev–Trinajstić information content (AvgIpc) is 2.72. The Hall–Kier alpha value is -0.940. The molecule has 1 N–H and O–H groups in total. The van der Waals surface area contributed by atoms with E-state index >= 15 is 0 Å². The molecule has 112 valence electrons. The van der Waals surface area contributed by atoms with Gasteiger partial charge in [-0.05, 0) is 30.0 Å². The lowest BCUT2D eigenvalue weighted by Crippen LogP contribution is -2.31. The molecule has 0 radical (unpaired) electrons. The molecule has 1 aromatic rings. The molecule has 1 aromatic carbocycles. The maximum Gasteiger partial charge on any atom is 0.150 e. The van der Waals surface area contributed by atoms with Crippen LogP contribution in [0.15, 0.2) is 24.3 Å². The molecule has 0 saturated carbocycles. The molecule has 20 heavy (non-hydrogen) atoms. The summed E-state index contributed by atoms with van der Waals surface area (Å²) in [5.74, 6) is 0.502. The minimum absolute atomic E-state index is 0.121. The topological polar surface area (TPSA) is 46.2 Å². The summed E-state index contributed by atoms with van der Waals surface area (Å²) in [5, 5.41) is 3.37. The second kappa shape index (κ2) is 6.22. The summed E-state index contributed by atoms with van der Waals surface area (Å²) in [6.45, 7) is 4.85. The van der Waals surface area contributed by atoms with Gasteiger partial charge < -0.3 is 5.32 Å². The highest BCUT2D eigenvalue weighted by Gasteiger charge is 2.34. The Labute approximate surface area is 120 Å². The van der Waals surface area contributed by atoms with Gasteiger partial charge in [-0.2, -0.15) is 0 Å². The van der Waals surface area contributed by atoms with E-state index < -0.39 is 9.84 Å². The van der Waals surface area contributed by atoms with Crippen LogP contribution < -0.4 is 5.32 Å². The molecule has 3 nitrogen and oxygen atoms in total. The van der Waals surface area contributed by atoms with Crippen LogP contribution in [0.25, 0.3) is 0 Å². The Balaban J connectivity index is 2.18. The van der Waals surface area contributed by atoms with Crippen molar-refractivity contribution < 1.29 is 12.8 Å². The zero-order chi connectivity index (χ0) is 14.8. The van der Waals surface area contributed by atoms with Crippen molar-refractivity contribution >= 4 is 9.84 Å². The van der Waals surface area contributed by atoms with E-state index in [2.05, 4.69) is 19.2 Å². The summed E-state index contributed by atoms with van der Waals surface area (Å²) in [5.41, 5.74) is 1.02. The highest BCUT2D eigenvalue weighted by atomic mass is 32.2. The molecule has 0 bridgehead atoms. The van der Waals surface area contributed by atoms with Gasteiger partial charge in [0.15, 0.2) is 9.84 Å². The zero-order valence-corrected chi connectivity index (χ0v) is 12.8. The molecular weight excluding hydrogens is 277 g/mol. The van der Waals surface area contributed by atoms with Gasteiger partial charge in [0.1, 0.15) is 5.82 Å². The number of benzene rings is 1. The lowest BCUT2D eigenvalue weighted by Gasteiger charge is -2.24. The second-order valence-electron chi connectivity index (χ2n) is 5.88. The normalized spacial score (nSPS) is 23.1. The van der Waals surface area contributed by atoms with Crippen LogP contribution in [0.4, 0.5) is 4.39 Å². The molecule has 2 rings (SSSR count). The van der Waals surface area contributed by atoms with Gasteiger partial charge in [0, 0.05) is 18.5 Å². The van der Waals surface area contributed by atoms with Crippen molar-refractivity contribution in [3.8, 4) is 0 Å². The van der Waals surface area contributed by atoms with Crippen LogP contribution in [0.2, 0.25) is 0 Å². The highest BCUT2D eigenvalue weighted by molar-refractivity contribution is 7.91. The van der Waals surface area contributed by atoms with Crippen molar-refractivity contribution in [2.24, 2.45) is 5.92 Å². The first kappa shape index (κ1) is 15.4. The van der Waals surface area contributed by atoms with Crippen molar-refractivity contribution in [1.29, 1.82) is 0 Å². The fourth-order valence-corrected chi connectivity index (χ4v) is 4.65. The maximum atomic E-state index is 13.1. The lowest BCUT2D eigenvalue weighted by molar-refractivity contribution is 0.421. The number of rotatable bonds is 5. The van der Waals surface area contributed by atoms with Crippen molar-refractivity contribution in [2.75, 3.05) is 18.1 Å². The Morgan fingerprint density at radius 3 is 2.45 bits per heavy atom. The molecule has 1 heterocycles. The van der Waals surface area contributed by atoms with Gasteiger partial charge in [0.25, 0.3) is 0 Å². The van der Waals surface area contributed by atoms with Crippen molar-refractivity contribution in [2.45, 2.75) is 32.2 Å². The first-order valence-electron chi connectivity index (χ1n) is 7.06. The van der Waals surface area contributed by atoms with Gasteiger partial charge in [0.05, 0.1) is 11.5 Å². The van der Waals surface area contributed by atoms with E-state index in [0.717, 1.165) is 12.1 Å². The van der Waals surface area contributed by atoms with Crippen LogP contribution in [-0.2, 0) is 9.84 Å². The molecule has 2 unspecified atom stereocenters. The monoisotopic (exact) mass is 299 g/mol. The van der Waals surface area contributed by atoms with E-state index in [1.807, 2.05) is 0 Å². The van der Waals surface area contributed by atoms with Gasteiger partial charge in [-0.3, -0.25) is 0 Å². The third kappa shape index (κ3) is 4.03. The molecule has 1 aliphatic heterocycles. The Morgan fingerprint density at radius 2 is 1.95 bits per heavy atom. The molecule has 0 aromatic heterocycles. The summed E-state index contributed by atoms with van der Waals surface area (Å²) < 4.78 is 36.4.